The van der Waals surface area contributed by atoms with Crippen molar-refractivity contribution in [3.05, 3.63) is 48.0 Å². The molecule has 2 atom stereocenters. The Hall–Kier alpha value is -1.90. The fraction of sp³-hybridized carbons (Fsp3) is 0.375. The molecule has 1 aliphatic rings. The molecule has 0 saturated carbocycles. The van der Waals surface area contributed by atoms with Crippen LogP contribution >= 0.6 is 0 Å². The molecule has 0 bridgehead atoms. The molecule has 0 aliphatic carbocycles. The van der Waals surface area contributed by atoms with E-state index in [0.717, 1.165) is 18.4 Å². The van der Waals surface area contributed by atoms with Crippen molar-refractivity contribution < 1.29 is 4.79 Å². The lowest BCUT2D eigenvalue weighted by Crippen LogP contribution is -2.29. The Bertz CT molecular complexity index is 493. The maximum absolute atomic E-state index is 12.4. The zero-order chi connectivity index (χ0) is 13.8. The molecule has 1 aliphatic heterocycles. The van der Waals surface area contributed by atoms with E-state index in [0.29, 0.717) is 5.57 Å². The van der Waals surface area contributed by atoms with Crippen LogP contribution in [0.3, 0.4) is 0 Å². The van der Waals surface area contributed by atoms with Crippen LogP contribution in [0.25, 0.3) is 0 Å². The van der Waals surface area contributed by atoms with Crippen LogP contribution in [0, 0.1) is 5.92 Å². The molecular formula is C16H20N2O. The Morgan fingerprint density at radius 3 is 2.79 bits per heavy atom. The van der Waals surface area contributed by atoms with Crippen LogP contribution in [-0.4, -0.2) is 17.1 Å². The highest BCUT2D eigenvalue weighted by molar-refractivity contribution is 5.94. The normalized spacial score (nSPS) is 19.5. The van der Waals surface area contributed by atoms with E-state index in [-0.39, 0.29) is 17.9 Å². The molecule has 19 heavy (non-hydrogen) atoms. The van der Waals surface area contributed by atoms with Gasteiger partial charge in [0.1, 0.15) is 0 Å². The van der Waals surface area contributed by atoms with Crippen LogP contribution < -0.4 is 0 Å². The Morgan fingerprint density at radius 2 is 2.16 bits per heavy atom. The number of nitrogens with zero attached hydrogens (tertiary/aromatic N) is 2. The fourth-order valence-electron chi connectivity index (χ4n) is 2.17. The maximum atomic E-state index is 12.4. The van der Waals surface area contributed by atoms with Gasteiger partial charge in [-0.15, -0.1) is 0 Å². The van der Waals surface area contributed by atoms with Gasteiger partial charge in [0.25, 0.3) is 5.91 Å². The smallest absolute Gasteiger partial charge is 0.267 e. The summed E-state index contributed by atoms with van der Waals surface area (Å²) in [5.74, 6) is 0.136. The fourth-order valence-corrected chi connectivity index (χ4v) is 2.17. The van der Waals surface area contributed by atoms with Gasteiger partial charge in [0.2, 0.25) is 0 Å². The number of hydrogen-bond donors (Lipinski definition) is 0. The quantitative estimate of drug-likeness (QED) is 0.758. The van der Waals surface area contributed by atoms with E-state index < -0.39 is 0 Å². The predicted molar refractivity (Wildman–Crippen MR) is 77.7 cm³/mol. The van der Waals surface area contributed by atoms with Gasteiger partial charge in [0.05, 0.1) is 6.04 Å². The van der Waals surface area contributed by atoms with Gasteiger partial charge in [-0.1, -0.05) is 50.8 Å². The maximum Gasteiger partial charge on any atom is 0.270 e. The van der Waals surface area contributed by atoms with Gasteiger partial charge in [-0.25, -0.2) is 5.01 Å². The zero-order valence-electron chi connectivity index (χ0n) is 11.5. The van der Waals surface area contributed by atoms with E-state index >= 15 is 0 Å². The number of carbonyl (C=O) groups excluding carboxylic acids is 1. The van der Waals surface area contributed by atoms with Crippen molar-refractivity contribution in [2.24, 2.45) is 11.0 Å². The lowest BCUT2D eigenvalue weighted by Gasteiger charge is -2.24. The minimum absolute atomic E-state index is 0.00880. The summed E-state index contributed by atoms with van der Waals surface area (Å²) in [4.78, 5) is 12.4. The number of hydrazone groups is 1. The van der Waals surface area contributed by atoms with Gasteiger partial charge < -0.3 is 0 Å². The molecule has 0 fully saturated rings. The number of rotatable bonds is 4. The molecular weight excluding hydrogens is 236 g/mol. The number of amides is 1. The highest BCUT2D eigenvalue weighted by Gasteiger charge is 2.30. The molecule has 1 aromatic rings. The summed E-state index contributed by atoms with van der Waals surface area (Å²) >= 11 is 0. The Labute approximate surface area is 114 Å². The average Bonchev–Trinajstić information content (AvgIpc) is 2.95. The minimum atomic E-state index is -0.0584. The van der Waals surface area contributed by atoms with Crippen LogP contribution in [0.4, 0.5) is 0 Å². The van der Waals surface area contributed by atoms with Crippen LogP contribution in [0.5, 0.6) is 0 Å². The van der Waals surface area contributed by atoms with Gasteiger partial charge in [-0.3, -0.25) is 4.79 Å². The topological polar surface area (TPSA) is 32.7 Å². The minimum Gasteiger partial charge on any atom is -0.267 e. The van der Waals surface area contributed by atoms with E-state index in [1.54, 1.807) is 11.2 Å². The first-order valence-corrected chi connectivity index (χ1v) is 6.74. The molecule has 2 unspecified atom stereocenters. The summed E-state index contributed by atoms with van der Waals surface area (Å²) in [6, 6.07) is 10.0. The van der Waals surface area contributed by atoms with Crippen molar-refractivity contribution in [3.63, 3.8) is 0 Å². The summed E-state index contributed by atoms with van der Waals surface area (Å²) in [5.41, 5.74) is 1.76. The van der Waals surface area contributed by atoms with E-state index in [2.05, 4.69) is 18.6 Å². The molecule has 1 heterocycles. The van der Waals surface area contributed by atoms with Crippen LogP contribution in [0.2, 0.25) is 0 Å². The van der Waals surface area contributed by atoms with Crippen molar-refractivity contribution in [2.45, 2.75) is 32.7 Å². The number of hydrogen-bond acceptors (Lipinski definition) is 2. The summed E-state index contributed by atoms with van der Waals surface area (Å²) in [6.45, 7) is 8.02. The third-order valence-corrected chi connectivity index (χ3v) is 3.70. The van der Waals surface area contributed by atoms with E-state index in [1.807, 2.05) is 37.3 Å². The summed E-state index contributed by atoms with van der Waals surface area (Å²) in [7, 11) is 0. The average molecular weight is 256 g/mol. The molecule has 3 nitrogen and oxygen atoms in total. The number of benzene rings is 1. The molecule has 0 aromatic heterocycles. The lowest BCUT2D eigenvalue weighted by molar-refractivity contribution is -0.129. The SMILES string of the molecule is C=C(C(=O)N1N=CCC1c1ccccc1)C(C)CC. The van der Waals surface area contributed by atoms with Gasteiger partial charge in [0.15, 0.2) is 0 Å². The molecule has 0 spiro atoms. The first-order valence-electron chi connectivity index (χ1n) is 6.74. The Morgan fingerprint density at radius 1 is 1.47 bits per heavy atom. The first kappa shape index (κ1) is 13.5. The third kappa shape index (κ3) is 2.75. The van der Waals surface area contributed by atoms with Gasteiger partial charge in [0, 0.05) is 18.2 Å². The molecule has 0 saturated heterocycles. The molecule has 0 radical (unpaired) electrons. The molecule has 100 valence electrons. The summed E-state index contributed by atoms with van der Waals surface area (Å²) in [6.07, 6.45) is 3.49. The van der Waals surface area contributed by atoms with Crippen molar-refractivity contribution in [1.29, 1.82) is 0 Å². The van der Waals surface area contributed by atoms with Gasteiger partial charge >= 0.3 is 0 Å². The second-order valence-corrected chi connectivity index (χ2v) is 4.94. The van der Waals surface area contributed by atoms with Crippen molar-refractivity contribution in [1.82, 2.24) is 5.01 Å². The molecule has 2 rings (SSSR count). The van der Waals surface area contributed by atoms with Crippen LogP contribution in [0.15, 0.2) is 47.6 Å². The molecule has 1 aromatic carbocycles. The standard InChI is InChI=1S/C16H20N2O/c1-4-12(2)13(3)16(19)18-15(10-11-17-18)14-8-6-5-7-9-14/h5-9,11-12,15H,3-4,10H2,1-2H3. The highest BCUT2D eigenvalue weighted by atomic mass is 16.2. The molecule has 0 N–H and O–H groups in total. The van der Waals surface area contributed by atoms with E-state index in [9.17, 15) is 4.79 Å². The second kappa shape index (κ2) is 5.83. The number of carbonyl (C=O) groups is 1. The molecule has 1 amide bonds. The van der Waals surface area contributed by atoms with Crippen molar-refractivity contribution in [2.75, 3.05) is 0 Å². The van der Waals surface area contributed by atoms with Gasteiger partial charge in [-0.05, 0) is 17.9 Å². The van der Waals surface area contributed by atoms with Crippen molar-refractivity contribution in [3.8, 4) is 0 Å². The molecule has 3 heteroatoms. The van der Waals surface area contributed by atoms with Gasteiger partial charge in [-0.2, -0.15) is 5.10 Å². The second-order valence-electron chi connectivity index (χ2n) is 4.94. The zero-order valence-corrected chi connectivity index (χ0v) is 11.5. The largest absolute Gasteiger partial charge is 0.270 e. The van der Waals surface area contributed by atoms with Crippen molar-refractivity contribution >= 4 is 12.1 Å². The first-order chi connectivity index (χ1) is 9.15. The lowest BCUT2D eigenvalue weighted by atomic mass is 9.98. The van der Waals surface area contributed by atoms with Crippen LogP contribution in [-0.2, 0) is 4.79 Å². The highest BCUT2D eigenvalue weighted by Crippen LogP contribution is 2.30. The van der Waals surface area contributed by atoms with E-state index in [4.69, 9.17) is 0 Å². The monoisotopic (exact) mass is 256 g/mol. The van der Waals surface area contributed by atoms with Crippen LogP contribution in [0.1, 0.15) is 38.3 Å². The third-order valence-electron chi connectivity index (χ3n) is 3.70. The Balaban J connectivity index is 2.17. The predicted octanol–water partition coefficient (Wildman–Crippen LogP) is 3.55. The summed E-state index contributed by atoms with van der Waals surface area (Å²) in [5, 5.41) is 5.80. The Kier molecular flexibility index (Phi) is 4.15. The summed E-state index contributed by atoms with van der Waals surface area (Å²) < 4.78 is 0. The van der Waals surface area contributed by atoms with E-state index in [1.165, 1.54) is 0 Å².